The number of nitrogens with zero attached hydrogens (tertiary/aromatic N) is 3. The number of aryl methyl sites for hydroxylation is 2. The molecule has 20 heavy (non-hydrogen) atoms. The third-order valence-electron chi connectivity index (χ3n) is 3.09. The quantitative estimate of drug-likeness (QED) is 0.638. The van der Waals surface area contributed by atoms with Crippen molar-refractivity contribution in [3.05, 3.63) is 44.6 Å². The molecule has 0 aliphatic heterocycles. The molecule has 2 aromatic heterocycles. The van der Waals surface area contributed by atoms with Crippen molar-refractivity contribution in [2.75, 3.05) is 5.88 Å². The fourth-order valence-corrected chi connectivity index (χ4v) is 3.36. The molecule has 0 spiro atoms. The molecule has 0 saturated carbocycles. The van der Waals surface area contributed by atoms with E-state index in [9.17, 15) is 0 Å². The van der Waals surface area contributed by atoms with Crippen molar-refractivity contribution in [2.45, 2.75) is 19.9 Å². The standard InChI is InChI=1S/C14H13BrClN3S/c1-9-17-11(8-20-9)7-19-13-6-10(15)2-3-12(13)18-14(19)4-5-16/h2-3,6,8H,4-5,7H2,1H3. The van der Waals surface area contributed by atoms with Crippen LogP contribution in [0.5, 0.6) is 0 Å². The van der Waals surface area contributed by atoms with E-state index in [1.807, 2.05) is 19.1 Å². The Bertz CT molecular complexity index is 750. The summed E-state index contributed by atoms with van der Waals surface area (Å²) in [6, 6.07) is 6.14. The maximum Gasteiger partial charge on any atom is 0.111 e. The van der Waals surface area contributed by atoms with Crippen molar-refractivity contribution in [1.29, 1.82) is 0 Å². The molecule has 0 saturated heterocycles. The molecule has 1 aromatic carbocycles. The van der Waals surface area contributed by atoms with Crippen LogP contribution in [0.15, 0.2) is 28.1 Å². The van der Waals surface area contributed by atoms with Gasteiger partial charge in [0.1, 0.15) is 5.82 Å². The number of halogens is 2. The first kappa shape index (κ1) is 14.0. The highest BCUT2D eigenvalue weighted by Gasteiger charge is 2.12. The van der Waals surface area contributed by atoms with Gasteiger partial charge < -0.3 is 4.57 Å². The highest BCUT2D eigenvalue weighted by atomic mass is 79.9. The Kier molecular flexibility index (Phi) is 4.10. The van der Waals surface area contributed by atoms with Crippen LogP contribution in [0.3, 0.4) is 0 Å². The maximum absolute atomic E-state index is 5.90. The molecule has 3 rings (SSSR count). The van der Waals surface area contributed by atoms with Crippen LogP contribution in [-0.2, 0) is 13.0 Å². The summed E-state index contributed by atoms with van der Waals surface area (Å²) in [5, 5.41) is 3.19. The molecule has 3 nitrogen and oxygen atoms in total. The lowest BCUT2D eigenvalue weighted by Gasteiger charge is -2.06. The molecule has 0 aliphatic carbocycles. The van der Waals surface area contributed by atoms with Crippen molar-refractivity contribution in [2.24, 2.45) is 0 Å². The summed E-state index contributed by atoms with van der Waals surface area (Å²) in [4.78, 5) is 9.22. The molecule has 0 radical (unpaired) electrons. The van der Waals surface area contributed by atoms with Gasteiger partial charge in [-0.3, -0.25) is 0 Å². The van der Waals surface area contributed by atoms with Gasteiger partial charge in [0.25, 0.3) is 0 Å². The fraction of sp³-hybridized carbons (Fsp3) is 0.286. The van der Waals surface area contributed by atoms with Crippen molar-refractivity contribution < 1.29 is 0 Å². The Morgan fingerprint density at radius 3 is 2.90 bits per heavy atom. The smallest absolute Gasteiger partial charge is 0.111 e. The lowest BCUT2D eigenvalue weighted by molar-refractivity contribution is 0.740. The summed E-state index contributed by atoms with van der Waals surface area (Å²) in [5.41, 5.74) is 3.19. The van der Waals surface area contributed by atoms with Gasteiger partial charge in [-0.2, -0.15) is 0 Å². The van der Waals surface area contributed by atoms with Crippen molar-refractivity contribution in [3.8, 4) is 0 Å². The Morgan fingerprint density at radius 1 is 1.35 bits per heavy atom. The molecule has 0 atom stereocenters. The average molecular weight is 371 g/mol. The van der Waals surface area contributed by atoms with Crippen LogP contribution in [0.25, 0.3) is 11.0 Å². The highest BCUT2D eigenvalue weighted by molar-refractivity contribution is 9.10. The average Bonchev–Trinajstić information content (AvgIpc) is 2.96. The number of benzene rings is 1. The summed E-state index contributed by atoms with van der Waals surface area (Å²) in [7, 11) is 0. The van der Waals surface area contributed by atoms with E-state index in [4.69, 9.17) is 11.6 Å². The lowest BCUT2D eigenvalue weighted by atomic mass is 10.3. The molecule has 2 heterocycles. The zero-order valence-corrected chi connectivity index (χ0v) is 14.1. The lowest BCUT2D eigenvalue weighted by Crippen LogP contribution is -2.06. The molecular weight excluding hydrogens is 358 g/mol. The minimum absolute atomic E-state index is 0.570. The maximum atomic E-state index is 5.90. The first-order valence-electron chi connectivity index (χ1n) is 6.29. The largest absolute Gasteiger partial charge is 0.322 e. The first-order valence-corrected chi connectivity index (χ1v) is 8.49. The molecule has 104 valence electrons. The minimum atomic E-state index is 0.570. The van der Waals surface area contributed by atoms with Gasteiger partial charge in [-0.25, -0.2) is 9.97 Å². The van der Waals surface area contributed by atoms with Crippen molar-refractivity contribution in [3.63, 3.8) is 0 Å². The van der Waals surface area contributed by atoms with Crippen molar-refractivity contribution >= 4 is 49.9 Å². The zero-order chi connectivity index (χ0) is 14.1. The molecule has 0 bridgehead atoms. The number of hydrogen-bond donors (Lipinski definition) is 0. The topological polar surface area (TPSA) is 30.7 Å². The van der Waals surface area contributed by atoms with Gasteiger partial charge in [-0.15, -0.1) is 22.9 Å². The van der Waals surface area contributed by atoms with Crippen LogP contribution in [0, 0.1) is 6.92 Å². The number of imidazole rings is 1. The number of fused-ring (bicyclic) bond motifs is 1. The Morgan fingerprint density at radius 2 is 2.20 bits per heavy atom. The van der Waals surface area contributed by atoms with Gasteiger partial charge in [-0.1, -0.05) is 15.9 Å². The Balaban J connectivity index is 2.09. The molecule has 0 fully saturated rings. The third-order valence-corrected chi connectivity index (χ3v) is 4.60. The minimum Gasteiger partial charge on any atom is -0.322 e. The number of alkyl halides is 1. The van der Waals surface area contributed by atoms with E-state index in [1.165, 1.54) is 0 Å². The summed E-state index contributed by atoms with van der Waals surface area (Å²) < 4.78 is 3.26. The van der Waals surface area contributed by atoms with Crippen LogP contribution in [0.4, 0.5) is 0 Å². The van der Waals surface area contributed by atoms with Gasteiger partial charge in [-0.05, 0) is 25.1 Å². The Labute approximate surface area is 134 Å². The van der Waals surface area contributed by atoms with E-state index in [-0.39, 0.29) is 0 Å². The summed E-state index contributed by atoms with van der Waals surface area (Å²) in [6.07, 6.45) is 0.761. The number of hydrogen-bond acceptors (Lipinski definition) is 3. The zero-order valence-electron chi connectivity index (χ0n) is 10.9. The predicted molar refractivity (Wildman–Crippen MR) is 87.8 cm³/mol. The number of thiazole rings is 1. The van der Waals surface area contributed by atoms with Crippen LogP contribution >= 0.6 is 38.9 Å². The summed E-state index contributed by atoms with van der Waals surface area (Å²) in [5.74, 6) is 1.58. The molecule has 0 aliphatic rings. The number of rotatable bonds is 4. The fourth-order valence-electron chi connectivity index (χ4n) is 2.24. The molecule has 6 heteroatoms. The van der Waals surface area contributed by atoms with Crippen molar-refractivity contribution in [1.82, 2.24) is 14.5 Å². The van der Waals surface area contributed by atoms with Gasteiger partial charge in [0.2, 0.25) is 0 Å². The van der Waals surface area contributed by atoms with E-state index in [1.54, 1.807) is 11.3 Å². The van der Waals surface area contributed by atoms with Crippen LogP contribution in [-0.4, -0.2) is 20.4 Å². The monoisotopic (exact) mass is 369 g/mol. The van der Waals surface area contributed by atoms with E-state index >= 15 is 0 Å². The normalized spacial score (nSPS) is 11.3. The molecule has 0 amide bonds. The van der Waals surface area contributed by atoms with Crippen LogP contribution in [0.2, 0.25) is 0 Å². The van der Waals surface area contributed by atoms with Gasteiger partial charge in [0.05, 0.1) is 28.3 Å². The van der Waals surface area contributed by atoms with Gasteiger partial charge >= 0.3 is 0 Å². The third kappa shape index (κ3) is 2.75. The van der Waals surface area contributed by atoms with Gasteiger partial charge in [0, 0.05) is 22.2 Å². The van der Waals surface area contributed by atoms with E-state index < -0.39 is 0 Å². The molecule has 3 aromatic rings. The summed E-state index contributed by atoms with van der Waals surface area (Å²) >= 11 is 11.1. The Hall–Kier alpha value is -0.910. The summed E-state index contributed by atoms with van der Waals surface area (Å²) in [6.45, 7) is 2.76. The van der Waals surface area contributed by atoms with Crippen LogP contribution in [0.1, 0.15) is 16.5 Å². The van der Waals surface area contributed by atoms with E-state index in [0.717, 1.165) is 45.0 Å². The second kappa shape index (κ2) is 5.84. The van der Waals surface area contributed by atoms with Crippen LogP contribution < -0.4 is 0 Å². The predicted octanol–water partition coefficient (Wildman–Crippen LogP) is 4.39. The SMILES string of the molecule is Cc1nc(Cn2c(CCCl)nc3ccc(Br)cc32)cs1. The molecule has 0 N–H and O–H groups in total. The first-order chi connectivity index (χ1) is 9.67. The second-order valence-electron chi connectivity index (χ2n) is 4.54. The van der Waals surface area contributed by atoms with Gasteiger partial charge in [0.15, 0.2) is 0 Å². The number of aromatic nitrogens is 3. The molecule has 0 unspecified atom stereocenters. The molecular formula is C14H13BrClN3S. The highest BCUT2D eigenvalue weighted by Crippen LogP contribution is 2.23. The van der Waals surface area contributed by atoms with E-state index in [2.05, 4.69) is 41.9 Å². The van der Waals surface area contributed by atoms with E-state index in [0.29, 0.717) is 5.88 Å². The second-order valence-corrected chi connectivity index (χ2v) is 6.90.